The molecule has 0 saturated heterocycles. The summed E-state index contributed by atoms with van der Waals surface area (Å²) in [6.07, 6.45) is 0.987. The third kappa shape index (κ3) is 4.18. The SMILES string of the molecule is CCCOc1ccc(Cl)cc1NCc1ccccc1. The Balaban J connectivity index is 2.07. The van der Waals surface area contributed by atoms with Gasteiger partial charge in [-0.3, -0.25) is 0 Å². The number of benzene rings is 2. The van der Waals surface area contributed by atoms with E-state index < -0.39 is 0 Å². The molecule has 3 heteroatoms. The van der Waals surface area contributed by atoms with Crippen molar-refractivity contribution in [2.75, 3.05) is 11.9 Å². The molecule has 0 aliphatic carbocycles. The minimum absolute atomic E-state index is 0.708. The highest BCUT2D eigenvalue weighted by molar-refractivity contribution is 6.30. The van der Waals surface area contributed by atoms with E-state index in [-0.39, 0.29) is 0 Å². The summed E-state index contributed by atoms with van der Waals surface area (Å²) in [4.78, 5) is 0. The molecule has 100 valence electrons. The lowest BCUT2D eigenvalue weighted by atomic mass is 10.2. The number of nitrogens with one attached hydrogen (secondary N) is 1. The fraction of sp³-hybridized carbons (Fsp3) is 0.250. The van der Waals surface area contributed by atoms with E-state index in [0.29, 0.717) is 11.6 Å². The molecule has 2 nitrogen and oxygen atoms in total. The highest BCUT2D eigenvalue weighted by atomic mass is 35.5. The van der Waals surface area contributed by atoms with Crippen molar-refractivity contribution in [1.82, 2.24) is 0 Å². The Bertz CT molecular complexity index is 513. The van der Waals surface area contributed by atoms with Gasteiger partial charge < -0.3 is 10.1 Å². The van der Waals surface area contributed by atoms with Crippen LogP contribution in [0.25, 0.3) is 0 Å². The van der Waals surface area contributed by atoms with Crippen LogP contribution in [0.2, 0.25) is 5.02 Å². The zero-order chi connectivity index (χ0) is 13.5. The predicted octanol–water partition coefficient (Wildman–Crippen LogP) is 4.74. The van der Waals surface area contributed by atoms with E-state index in [1.165, 1.54) is 5.56 Å². The molecule has 2 rings (SSSR count). The molecule has 0 fully saturated rings. The number of halogens is 1. The van der Waals surface area contributed by atoms with Crippen LogP contribution in [-0.2, 0) is 6.54 Å². The predicted molar refractivity (Wildman–Crippen MR) is 81.0 cm³/mol. The molecule has 0 bridgehead atoms. The lowest BCUT2D eigenvalue weighted by molar-refractivity contribution is 0.319. The molecule has 0 aliphatic heterocycles. The van der Waals surface area contributed by atoms with Gasteiger partial charge in [-0.25, -0.2) is 0 Å². The van der Waals surface area contributed by atoms with E-state index in [4.69, 9.17) is 16.3 Å². The van der Waals surface area contributed by atoms with E-state index in [2.05, 4.69) is 24.4 Å². The third-order valence-electron chi connectivity index (χ3n) is 2.73. The van der Waals surface area contributed by atoms with Crippen LogP contribution < -0.4 is 10.1 Å². The molecule has 0 radical (unpaired) electrons. The van der Waals surface area contributed by atoms with Crippen LogP contribution in [0.1, 0.15) is 18.9 Å². The summed E-state index contributed by atoms with van der Waals surface area (Å²) < 4.78 is 5.71. The summed E-state index contributed by atoms with van der Waals surface area (Å²) in [6.45, 7) is 3.55. The Labute approximate surface area is 119 Å². The van der Waals surface area contributed by atoms with Gasteiger partial charge in [0.2, 0.25) is 0 Å². The highest BCUT2D eigenvalue weighted by Crippen LogP contribution is 2.28. The summed E-state index contributed by atoms with van der Waals surface area (Å²) in [5.74, 6) is 0.849. The molecular weight excluding hydrogens is 258 g/mol. The maximum atomic E-state index is 6.04. The van der Waals surface area contributed by atoms with Crippen LogP contribution in [0.5, 0.6) is 5.75 Å². The quantitative estimate of drug-likeness (QED) is 0.822. The molecule has 0 saturated carbocycles. The van der Waals surface area contributed by atoms with Crippen molar-refractivity contribution < 1.29 is 4.74 Å². The highest BCUT2D eigenvalue weighted by Gasteiger charge is 2.04. The van der Waals surface area contributed by atoms with E-state index in [1.807, 2.05) is 36.4 Å². The van der Waals surface area contributed by atoms with Crippen molar-refractivity contribution in [3.63, 3.8) is 0 Å². The second-order valence-corrected chi connectivity index (χ2v) is 4.76. The Morgan fingerprint density at radius 1 is 1.11 bits per heavy atom. The minimum Gasteiger partial charge on any atom is -0.491 e. The van der Waals surface area contributed by atoms with Crippen molar-refractivity contribution in [2.24, 2.45) is 0 Å². The van der Waals surface area contributed by atoms with Crippen molar-refractivity contribution >= 4 is 17.3 Å². The second kappa shape index (κ2) is 7.05. The van der Waals surface area contributed by atoms with Crippen molar-refractivity contribution in [1.29, 1.82) is 0 Å². The van der Waals surface area contributed by atoms with E-state index in [0.717, 1.165) is 24.4 Å². The van der Waals surface area contributed by atoms with Crippen LogP contribution in [-0.4, -0.2) is 6.61 Å². The van der Waals surface area contributed by atoms with Crippen molar-refractivity contribution in [2.45, 2.75) is 19.9 Å². The van der Waals surface area contributed by atoms with Crippen LogP contribution in [0.3, 0.4) is 0 Å². The van der Waals surface area contributed by atoms with Crippen LogP contribution >= 0.6 is 11.6 Å². The maximum absolute atomic E-state index is 6.04. The fourth-order valence-electron chi connectivity index (χ4n) is 1.77. The average molecular weight is 276 g/mol. The zero-order valence-corrected chi connectivity index (χ0v) is 11.8. The average Bonchev–Trinajstić information content (AvgIpc) is 2.45. The molecule has 2 aromatic carbocycles. The summed E-state index contributed by atoms with van der Waals surface area (Å²) >= 11 is 6.04. The molecule has 1 N–H and O–H groups in total. The first kappa shape index (κ1) is 13.8. The molecule has 0 spiro atoms. The molecule has 19 heavy (non-hydrogen) atoms. The number of rotatable bonds is 6. The maximum Gasteiger partial charge on any atom is 0.142 e. The molecule has 0 aliphatic rings. The molecule has 0 amide bonds. The number of anilines is 1. The number of hydrogen-bond acceptors (Lipinski definition) is 2. The van der Waals surface area contributed by atoms with Gasteiger partial charge >= 0.3 is 0 Å². The summed E-state index contributed by atoms with van der Waals surface area (Å²) in [7, 11) is 0. The summed E-state index contributed by atoms with van der Waals surface area (Å²) in [6, 6.07) is 15.9. The van der Waals surface area contributed by atoms with Crippen LogP contribution in [0.4, 0.5) is 5.69 Å². The first-order chi connectivity index (χ1) is 9.29. The molecule has 0 unspecified atom stereocenters. The number of hydrogen-bond donors (Lipinski definition) is 1. The van der Waals surface area contributed by atoms with Gasteiger partial charge in [-0.15, -0.1) is 0 Å². The minimum atomic E-state index is 0.708. The smallest absolute Gasteiger partial charge is 0.142 e. The topological polar surface area (TPSA) is 21.3 Å². The van der Waals surface area contributed by atoms with Crippen molar-refractivity contribution in [3.8, 4) is 5.75 Å². The van der Waals surface area contributed by atoms with Gasteiger partial charge in [-0.05, 0) is 30.2 Å². The Morgan fingerprint density at radius 3 is 2.63 bits per heavy atom. The molecule has 0 heterocycles. The van der Waals surface area contributed by atoms with E-state index >= 15 is 0 Å². The van der Waals surface area contributed by atoms with Gasteiger partial charge in [0, 0.05) is 11.6 Å². The normalized spacial score (nSPS) is 10.2. The monoisotopic (exact) mass is 275 g/mol. The number of ether oxygens (including phenoxy) is 1. The Morgan fingerprint density at radius 2 is 1.89 bits per heavy atom. The van der Waals surface area contributed by atoms with Crippen LogP contribution in [0, 0.1) is 0 Å². The van der Waals surface area contributed by atoms with Crippen LogP contribution in [0.15, 0.2) is 48.5 Å². The third-order valence-corrected chi connectivity index (χ3v) is 2.96. The van der Waals surface area contributed by atoms with Gasteiger partial charge in [-0.1, -0.05) is 48.9 Å². The lowest BCUT2D eigenvalue weighted by Gasteiger charge is -2.13. The first-order valence-corrected chi connectivity index (χ1v) is 6.87. The first-order valence-electron chi connectivity index (χ1n) is 6.49. The Kier molecular flexibility index (Phi) is 5.10. The molecule has 2 aromatic rings. The largest absolute Gasteiger partial charge is 0.491 e. The lowest BCUT2D eigenvalue weighted by Crippen LogP contribution is -2.03. The van der Waals surface area contributed by atoms with Gasteiger partial charge in [0.15, 0.2) is 0 Å². The van der Waals surface area contributed by atoms with E-state index in [1.54, 1.807) is 0 Å². The standard InChI is InChI=1S/C16H18ClNO/c1-2-10-19-16-9-8-14(17)11-15(16)18-12-13-6-4-3-5-7-13/h3-9,11,18H,2,10,12H2,1H3. The second-order valence-electron chi connectivity index (χ2n) is 4.33. The summed E-state index contributed by atoms with van der Waals surface area (Å²) in [5.41, 5.74) is 2.16. The molecular formula is C16H18ClNO. The van der Waals surface area contributed by atoms with Crippen molar-refractivity contribution in [3.05, 3.63) is 59.1 Å². The van der Waals surface area contributed by atoms with Gasteiger partial charge in [-0.2, -0.15) is 0 Å². The van der Waals surface area contributed by atoms with E-state index in [9.17, 15) is 0 Å². The van der Waals surface area contributed by atoms with Gasteiger partial charge in [0.1, 0.15) is 5.75 Å². The summed E-state index contributed by atoms with van der Waals surface area (Å²) in [5, 5.41) is 4.08. The fourth-order valence-corrected chi connectivity index (χ4v) is 1.94. The van der Waals surface area contributed by atoms with Gasteiger partial charge in [0.05, 0.1) is 12.3 Å². The molecule has 0 aromatic heterocycles. The van der Waals surface area contributed by atoms with Gasteiger partial charge in [0.25, 0.3) is 0 Å². The Hall–Kier alpha value is -1.67. The zero-order valence-electron chi connectivity index (χ0n) is 11.0. The molecule has 0 atom stereocenters.